The topological polar surface area (TPSA) is 89.3 Å². The van der Waals surface area contributed by atoms with Crippen LogP contribution in [0.5, 0.6) is 0 Å². The van der Waals surface area contributed by atoms with Crippen LogP contribution in [-0.4, -0.2) is 45.8 Å². The minimum Gasteiger partial charge on any atom is -0.390 e. The maximum atomic E-state index is 12.2. The van der Waals surface area contributed by atoms with E-state index >= 15 is 0 Å². The molecule has 0 aliphatic rings. The molecule has 0 unspecified atom stereocenters. The van der Waals surface area contributed by atoms with E-state index in [0.29, 0.717) is 19.8 Å². The number of aliphatic hydroxyl groups excluding tert-OH is 1. The summed E-state index contributed by atoms with van der Waals surface area (Å²) in [6, 6.07) is 7.77. The van der Waals surface area contributed by atoms with Gasteiger partial charge < -0.3 is 15.2 Å². The maximum absolute atomic E-state index is 12.2. The number of carbonyl (C=O) groups excluding carboxylic acids is 1. The summed E-state index contributed by atoms with van der Waals surface area (Å²) in [6.45, 7) is 5.42. The molecule has 2 N–H and O–H groups in total. The summed E-state index contributed by atoms with van der Waals surface area (Å²) in [5.41, 5.74) is 2.36. The number of aryl methyl sites for hydroxylation is 1. The third kappa shape index (κ3) is 4.62. The van der Waals surface area contributed by atoms with Crippen molar-refractivity contribution >= 4 is 5.91 Å². The van der Waals surface area contributed by atoms with E-state index in [4.69, 9.17) is 4.74 Å². The lowest BCUT2D eigenvalue weighted by Crippen LogP contribution is -2.26. The summed E-state index contributed by atoms with van der Waals surface area (Å²) >= 11 is 0. The lowest BCUT2D eigenvalue weighted by atomic mass is 10.2. The molecular weight excluding hydrogens is 308 g/mol. The number of carbonyl (C=O) groups is 1. The highest BCUT2D eigenvalue weighted by molar-refractivity contribution is 5.93. The van der Waals surface area contributed by atoms with Crippen LogP contribution in [0, 0.1) is 0 Å². The highest BCUT2D eigenvalue weighted by Gasteiger charge is 2.18. The highest BCUT2D eigenvalue weighted by atomic mass is 16.5. The number of nitrogens with zero attached hydrogens (tertiary/aromatic N) is 3. The number of rotatable bonds is 9. The van der Waals surface area contributed by atoms with Gasteiger partial charge in [0.2, 0.25) is 0 Å². The first-order chi connectivity index (χ1) is 11.7. The fraction of sp³-hybridized carbons (Fsp3) is 0.471. The summed E-state index contributed by atoms with van der Waals surface area (Å²) in [6.07, 6.45) is 1.67. The van der Waals surface area contributed by atoms with Gasteiger partial charge in [-0.3, -0.25) is 4.79 Å². The van der Waals surface area contributed by atoms with E-state index in [1.54, 1.807) is 0 Å². The van der Waals surface area contributed by atoms with Crippen molar-refractivity contribution in [2.24, 2.45) is 0 Å². The SMILES string of the molecule is CCOCCCNC(=O)c1nn(-c2ccc(CC)cc2)nc1CO. The summed E-state index contributed by atoms with van der Waals surface area (Å²) in [5.74, 6) is -0.341. The normalized spacial score (nSPS) is 10.8. The third-order valence-electron chi connectivity index (χ3n) is 3.58. The average molecular weight is 332 g/mol. The first-order valence-electron chi connectivity index (χ1n) is 8.21. The number of ether oxygens (including phenoxy) is 1. The van der Waals surface area contributed by atoms with Gasteiger partial charge in [0, 0.05) is 19.8 Å². The van der Waals surface area contributed by atoms with Gasteiger partial charge in [0.05, 0.1) is 12.3 Å². The van der Waals surface area contributed by atoms with Gasteiger partial charge in [-0.15, -0.1) is 10.2 Å². The minimum absolute atomic E-state index is 0.147. The van der Waals surface area contributed by atoms with Gasteiger partial charge in [0.1, 0.15) is 5.69 Å². The van der Waals surface area contributed by atoms with Crippen molar-refractivity contribution in [3.05, 3.63) is 41.2 Å². The molecule has 1 amide bonds. The molecule has 0 aliphatic carbocycles. The van der Waals surface area contributed by atoms with Gasteiger partial charge in [-0.1, -0.05) is 19.1 Å². The van der Waals surface area contributed by atoms with Crippen LogP contribution in [0.3, 0.4) is 0 Å². The van der Waals surface area contributed by atoms with E-state index in [0.717, 1.165) is 18.5 Å². The number of amides is 1. The molecule has 0 radical (unpaired) electrons. The van der Waals surface area contributed by atoms with Gasteiger partial charge >= 0.3 is 0 Å². The quantitative estimate of drug-likeness (QED) is 0.679. The van der Waals surface area contributed by atoms with Gasteiger partial charge in [-0.25, -0.2) is 0 Å². The van der Waals surface area contributed by atoms with Crippen LogP contribution < -0.4 is 5.32 Å². The molecule has 0 saturated carbocycles. The van der Waals surface area contributed by atoms with E-state index in [9.17, 15) is 9.90 Å². The van der Waals surface area contributed by atoms with Crippen LogP contribution in [0.4, 0.5) is 0 Å². The summed E-state index contributed by atoms with van der Waals surface area (Å²) in [7, 11) is 0. The van der Waals surface area contributed by atoms with Crippen molar-refractivity contribution in [3.8, 4) is 5.69 Å². The lowest BCUT2D eigenvalue weighted by molar-refractivity contribution is 0.0936. The Kier molecular flexibility index (Phi) is 6.89. The fourth-order valence-electron chi connectivity index (χ4n) is 2.20. The summed E-state index contributed by atoms with van der Waals surface area (Å²) < 4.78 is 5.22. The molecule has 7 heteroatoms. The standard InChI is InChI=1S/C17H24N4O3/c1-3-13-6-8-14(9-7-13)21-19-15(12-22)16(20-21)17(23)18-10-5-11-24-4-2/h6-9,22H,3-5,10-12H2,1-2H3,(H,18,23). The Bertz CT molecular complexity index is 652. The number of hydrogen-bond donors (Lipinski definition) is 2. The van der Waals surface area contributed by atoms with Gasteiger partial charge in [-0.05, 0) is 37.5 Å². The zero-order valence-corrected chi connectivity index (χ0v) is 14.2. The predicted molar refractivity (Wildman–Crippen MR) is 90.1 cm³/mol. The summed E-state index contributed by atoms with van der Waals surface area (Å²) in [5, 5.41) is 20.6. The molecular formula is C17H24N4O3. The summed E-state index contributed by atoms with van der Waals surface area (Å²) in [4.78, 5) is 13.6. The van der Waals surface area contributed by atoms with Crippen molar-refractivity contribution in [2.75, 3.05) is 19.8 Å². The molecule has 1 heterocycles. The molecule has 130 valence electrons. The molecule has 1 aromatic heterocycles. The van der Waals surface area contributed by atoms with Crippen molar-refractivity contribution in [1.29, 1.82) is 0 Å². The van der Waals surface area contributed by atoms with Crippen LogP contribution in [0.1, 0.15) is 42.0 Å². The minimum atomic E-state index is -0.341. The molecule has 0 atom stereocenters. The maximum Gasteiger partial charge on any atom is 0.273 e. The third-order valence-corrected chi connectivity index (χ3v) is 3.58. The van der Waals surface area contributed by atoms with Crippen LogP contribution >= 0.6 is 0 Å². The van der Waals surface area contributed by atoms with E-state index in [1.165, 1.54) is 10.4 Å². The largest absolute Gasteiger partial charge is 0.390 e. The van der Waals surface area contributed by atoms with Crippen LogP contribution in [0.25, 0.3) is 5.69 Å². The smallest absolute Gasteiger partial charge is 0.273 e. The number of aromatic nitrogens is 3. The first-order valence-corrected chi connectivity index (χ1v) is 8.21. The number of aliphatic hydroxyl groups is 1. The predicted octanol–water partition coefficient (Wildman–Crippen LogP) is 1.48. The average Bonchev–Trinajstić information content (AvgIpc) is 3.06. The molecule has 0 aliphatic heterocycles. The van der Waals surface area contributed by atoms with E-state index in [1.807, 2.05) is 31.2 Å². The van der Waals surface area contributed by atoms with Crippen molar-refractivity contribution in [2.45, 2.75) is 33.3 Å². The van der Waals surface area contributed by atoms with Crippen LogP contribution in [0.2, 0.25) is 0 Å². The molecule has 0 fully saturated rings. The highest BCUT2D eigenvalue weighted by Crippen LogP contribution is 2.11. The van der Waals surface area contributed by atoms with Crippen molar-refractivity contribution < 1.29 is 14.6 Å². The zero-order chi connectivity index (χ0) is 17.4. The van der Waals surface area contributed by atoms with Crippen molar-refractivity contribution in [3.63, 3.8) is 0 Å². The number of benzene rings is 1. The Morgan fingerprint density at radius 1 is 1.25 bits per heavy atom. The van der Waals surface area contributed by atoms with E-state index < -0.39 is 0 Å². The zero-order valence-electron chi connectivity index (χ0n) is 14.2. The molecule has 2 rings (SSSR count). The molecule has 7 nitrogen and oxygen atoms in total. The molecule has 24 heavy (non-hydrogen) atoms. The Morgan fingerprint density at radius 2 is 2.00 bits per heavy atom. The van der Waals surface area contributed by atoms with Crippen LogP contribution in [0.15, 0.2) is 24.3 Å². The first kappa shape index (κ1) is 18.1. The second kappa shape index (κ2) is 9.14. The molecule has 0 saturated heterocycles. The second-order valence-electron chi connectivity index (χ2n) is 5.27. The Hall–Kier alpha value is -2.25. The molecule has 2 aromatic rings. The Morgan fingerprint density at radius 3 is 2.62 bits per heavy atom. The van der Waals surface area contributed by atoms with Crippen molar-refractivity contribution in [1.82, 2.24) is 20.3 Å². The van der Waals surface area contributed by atoms with Gasteiger partial charge in [-0.2, -0.15) is 4.80 Å². The number of nitrogens with one attached hydrogen (secondary N) is 1. The van der Waals surface area contributed by atoms with E-state index in [-0.39, 0.29) is 23.9 Å². The Labute approximate surface area is 141 Å². The van der Waals surface area contributed by atoms with Gasteiger partial charge in [0.15, 0.2) is 5.69 Å². The molecule has 0 spiro atoms. The molecule has 0 bridgehead atoms. The monoisotopic (exact) mass is 332 g/mol. The van der Waals surface area contributed by atoms with Crippen LogP contribution in [-0.2, 0) is 17.8 Å². The lowest BCUT2D eigenvalue weighted by Gasteiger charge is -2.04. The fourth-order valence-corrected chi connectivity index (χ4v) is 2.20. The molecule has 1 aromatic carbocycles. The van der Waals surface area contributed by atoms with E-state index in [2.05, 4.69) is 22.4 Å². The second-order valence-corrected chi connectivity index (χ2v) is 5.27. The number of hydrogen-bond acceptors (Lipinski definition) is 5. The van der Waals surface area contributed by atoms with Gasteiger partial charge in [0.25, 0.3) is 5.91 Å². The Balaban J connectivity index is 2.07.